The van der Waals surface area contributed by atoms with Gasteiger partial charge in [-0.25, -0.2) is 0 Å². The number of hydrogen-bond donors (Lipinski definition) is 1. The van der Waals surface area contributed by atoms with Gasteiger partial charge in [0.1, 0.15) is 5.75 Å². The number of halogens is 1. The van der Waals surface area contributed by atoms with Gasteiger partial charge in [0.2, 0.25) is 0 Å². The molecule has 0 spiro atoms. The van der Waals surface area contributed by atoms with Crippen LogP contribution < -0.4 is 10.1 Å². The molecule has 23 heavy (non-hydrogen) atoms. The molecule has 0 saturated heterocycles. The van der Waals surface area contributed by atoms with E-state index in [1.54, 1.807) is 12.1 Å². The molecule has 0 saturated carbocycles. The van der Waals surface area contributed by atoms with E-state index in [2.05, 4.69) is 17.4 Å². The fourth-order valence-corrected chi connectivity index (χ4v) is 2.43. The highest BCUT2D eigenvalue weighted by molar-refractivity contribution is 6.31. The molecule has 122 valence electrons. The quantitative estimate of drug-likeness (QED) is 0.839. The minimum atomic E-state index is -0.134. The number of benzene rings is 2. The topological polar surface area (TPSA) is 38.3 Å². The Labute approximate surface area is 142 Å². The van der Waals surface area contributed by atoms with Crippen molar-refractivity contribution in [2.24, 2.45) is 0 Å². The van der Waals surface area contributed by atoms with Crippen LogP contribution in [0.2, 0.25) is 5.02 Å². The standard InChI is InChI=1S/C19H22ClNO2/c1-4-18(15-7-5-13(2)6-8-15)21-19(22)12-23-16-9-10-17(20)14(3)11-16/h5-11,18H,4,12H2,1-3H3,(H,21,22)/t18-/m1/s1. The third kappa shape index (κ3) is 5.00. The summed E-state index contributed by atoms with van der Waals surface area (Å²) >= 11 is 5.98. The number of amides is 1. The Balaban J connectivity index is 1.92. The molecule has 0 aliphatic heterocycles. The summed E-state index contributed by atoms with van der Waals surface area (Å²) < 4.78 is 5.53. The van der Waals surface area contributed by atoms with Crippen LogP contribution in [-0.2, 0) is 4.79 Å². The van der Waals surface area contributed by atoms with Crippen molar-refractivity contribution < 1.29 is 9.53 Å². The van der Waals surface area contributed by atoms with Crippen molar-refractivity contribution in [3.8, 4) is 5.75 Å². The lowest BCUT2D eigenvalue weighted by atomic mass is 10.0. The molecule has 2 rings (SSSR count). The van der Waals surface area contributed by atoms with Gasteiger partial charge in [-0.15, -0.1) is 0 Å². The number of carbonyl (C=O) groups is 1. The first kappa shape index (κ1) is 17.4. The van der Waals surface area contributed by atoms with Crippen molar-refractivity contribution in [1.29, 1.82) is 0 Å². The molecule has 0 bridgehead atoms. The van der Waals surface area contributed by atoms with Crippen LogP contribution in [0.15, 0.2) is 42.5 Å². The fraction of sp³-hybridized carbons (Fsp3) is 0.316. The smallest absolute Gasteiger partial charge is 0.258 e. The van der Waals surface area contributed by atoms with E-state index in [4.69, 9.17) is 16.3 Å². The van der Waals surface area contributed by atoms with E-state index in [0.29, 0.717) is 10.8 Å². The number of ether oxygens (including phenoxy) is 1. The van der Waals surface area contributed by atoms with Gasteiger partial charge in [0, 0.05) is 5.02 Å². The Morgan fingerprint density at radius 2 is 1.87 bits per heavy atom. The zero-order valence-electron chi connectivity index (χ0n) is 13.7. The number of hydrogen-bond acceptors (Lipinski definition) is 2. The predicted octanol–water partition coefficient (Wildman–Crippen LogP) is 4.60. The second kappa shape index (κ2) is 8.02. The molecule has 0 heterocycles. The van der Waals surface area contributed by atoms with Crippen LogP contribution in [0.1, 0.15) is 36.1 Å². The van der Waals surface area contributed by atoms with Gasteiger partial charge in [-0.05, 0) is 49.6 Å². The first-order chi connectivity index (χ1) is 11.0. The predicted molar refractivity (Wildman–Crippen MR) is 94.0 cm³/mol. The van der Waals surface area contributed by atoms with Crippen LogP contribution in [0.5, 0.6) is 5.75 Å². The van der Waals surface area contributed by atoms with Gasteiger partial charge in [0.15, 0.2) is 6.61 Å². The first-order valence-electron chi connectivity index (χ1n) is 7.74. The normalized spacial score (nSPS) is 11.8. The van der Waals surface area contributed by atoms with Crippen LogP contribution in [0.25, 0.3) is 0 Å². The third-order valence-corrected chi connectivity index (χ3v) is 4.15. The lowest BCUT2D eigenvalue weighted by Crippen LogP contribution is -2.32. The monoisotopic (exact) mass is 331 g/mol. The molecule has 4 heteroatoms. The van der Waals surface area contributed by atoms with Gasteiger partial charge >= 0.3 is 0 Å². The SMILES string of the molecule is CC[C@@H](NC(=O)COc1ccc(Cl)c(C)c1)c1ccc(C)cc1. The summed E-state index contributed by atoms with van der Waals surface area (Å²) in [5.41, 5.74) is 3.24. The van der Waals surface area contributed by atoms with Crippen molar-refractivity contribution in [2.75, 3.05) is 6.61 Å². The molecule has 1 atom stereocenters. The average Bonchev–Trinajstić information content (AvgIpc) is 2.54. The van der Waals surface area contributed by atoms with Crippen molar-refractivity contribution in [3.63, 3.8) is 0 Å². The number of nitrogens with one attached hydrogen (secondary N) is 1. The summed E-state index contributed by atoms with van der Waals surface area (Å²) in [5.74, 6) is 0.510. The molecule has 1 amide bonds. The maximum Gasteiger partial charge on any atom is 0.258 e. The minimum Gasteiger partial charge on any atom is -0.484 e. The molecule has 0 fully saturated rings. The number of carbonyl (C=O) groups excluding carboxylic acids is 1. The Kier molecular flexibility index (Phi) is 6.05. The summed E-state index contributed by atoms with van der Waals surface area (Å²) in [6.45, 7) is 5.99. The first-order valence-corrected chi connectivity index (χ1v) is 8.12. The van der Waals surface area contributed by atoms with E-state index in [-0.39, 0.29) is 18.6 Å². The fourth-order valence-electron chi connectivity index (χ4n) is 2.31. The molecular weight excluding hydrogens is 310 g/mol. The van der Waals surface area contributed by atoms with Gasteiger partial charge in [0.05, 0.1) is 6.04 Å². The van der Waals surface area contributed by atoms with Crippen LogP contribution in [0, 0.1) is 13.8 Å². The van der Waals surface area contributed by atoms with Crippen molar-refractivity contribution in [2.45, 2.75) is 33.2 Å². The number of aryl methyl sites for hydroxylation is 2. The molecule has 1 N–H and O–H groups in total. The average molecular weight is 332 g/mol. The summed E-state index contributed by atoms with van der Waals surface area (Å²) in [6.07, 6.45) is 0.828. The molecule has 0 aromatic heterocycles. The minimum absolute atomic E-state index is 0.00125. The van der Waals surface area contributed by atoms with Crippen LogP contribution in [-0.4, -0.2) is 12.5 Å². The molecule has 0 radical (unpaired) electrons. The third-order valence-electron chi connectivity index (χ3n) is 3.72. The molecule has 0 aliphatic carbocycles. The van der Waals surface area contributed by atoms with Crippen molar-refractivity contribution in [3.05, 3.63) is 64.2 Å². The van der Waals surface area contributed by atoms with E-state index in [0.717, 1.165) is 17.5 Å². The number of rotatable bonds is 6. The highest BCUT2D eigenvalue weighted by atomic mass is 35.5. The van der Waals surface area contributed by atoms with Gasteiger partial charge in [-0.3, -0.25) is 4.79 Å². The summed E-state index contributed by atoms with van der Waals surface area (Å²) in [6, 6.07) is 13.6. The van der Waals surface area contributed by atoms with E-state index in [9.17, 15) is 4.79 Å². The molecule has 2 aromatic rings. The largest absolute Gasteiger partial charge is 0.484 e. The summed E-state index contributed by atoms with van der Waals surface area (Å²) in [5, 5.41) is 3.70. The van der Waals surface area contributed by atoms with E-state index < -0.39 is 0 Å². The Bertz CT molecular complexity index is 668. The van der Waals surface area contributed by atoms with E-state index in [1.807, 2.05) is 39.0 Å². The highest BCUT2D eigenvalue weighted by Crippen LogP contribution is 2.21. The van der Waals surface area contributed by atoms with Crippen molar-refractivity contribution in [1.82, 2.24) is 5.32 Å². The Morgan fingerprint density at radius 1 is 1.17 bits per heavy atom. The Hall–Kier alpha value is -2.00. The maximum absolute atomic E-state index is 12.1. The molecule has 0 unspecified atom stereocenters. The van der Waals surface area contributed by atoms with Crippen molar-refractivity contribution >= 4 is 17.5 Å². The molecule has 0 aliphatic rings. The lowest BCUT2D eigenvalue weighted by Gasteiger charge is -2.18. The molecule has 2 aromatic carbocycles. The zero-order chi connectivity index (χ0) is 16.8. The van der Waals surface area contributed by atoms with Crippen LogP contribution in [0.4, 0.5) is 0 Å². The van der Waals surface area contributed by atoms with Gasteiger partial charge in [-0.1, -0.05) is 48.4 Å². The molecule has 3 nitrogen and oxygen atoms in total. The maximum atomic E-state index is 12.1. The molecular formula is C19H22ClNO2. The second-order valence-electron chi connectivity index (χ2n) is 5.64. The highest BCUT2D eigenvalue weighted by Gasteiger charge is 2.13. The van der Waals surface area contributed by atoms with E-state index in [1.165, 1.54) is 5.56 Å². The Morgan fingerprint density at radius 3 is 2.48 bits per heavy atom. The van der Waals surface area contributed by atoms with Crippen LogP contribution in [0.3, 0.4) is 0 Å². The second-order valence-corrected chi connectivity index (χ2v) is 6.05. The lowest BCUT2D eigenvalue weighted by molar-refractivity contribution is -0.123. The summed E-state index contributed by atoms with van der Waals surface area (Å²) in [4.78, 5) is 12.1. The zero-order valence-corrected chi connectivity index (χ0v) is 14.5. The van der Waals surface area contributed by atoms with Gasteiger partial charge < -0.3 is 10.1 Å². The van der Waals surface area contributed by atoms with Crippen LogP contribution >= 0.6 is 11.6 Å². The van der Waals surface area contributed by atoms with Gasteiger partial charge in [-0.2, -0.15) is 0 Å². The summed E-state index contributed by atoms with van der Waals surface area (Å²) in [7, 11) is 0. The van der Waals surface area contributed by atoms with Gasteiger partial charge in [0.25, 0.3) is 5.91 Å². The van der Waals surface area contributed by atoms with E-state index >= 15 is 0 Å².